The zero-order valence-electron chi connectivity index (χ0n) is 9.42. The average Bonchev–Trinajstić information content (AvgIpc) is 2.04. The third-order valence-corrected chi connectivity index (χ3v) is 2.59. The molecule has 0 atom stereocenters. The average molecular weight is 200 g/mol. The van der Waals surface area contributed by atoms with E-state index in [1.165, 1.54) is 5.56 Å². The second kappa shape index (κ2) is 6.47. The summed E-state index contributed by atoms with van der Waals surface area (Å²) in [6.45, 7) is 9.24. The van der Waals surface area contributed by atoms with E-state index in [1.54, 1.807) is 0 Å². The first-order chi connectivity index (χ1) is 6.08. The SMILES string of the molecule is [CH2-][Si](C)(C)COCc1ccccc1.[Li+]. The molecule has 0 aromatic heterocycles. The molecule has 0 fully saturated rings. The van der Waals surface area contributed by atoms with Crippen LogP contribution >= 0.6 is 0 Å². The normalized spacial score (nSPS) is 10.8. The van der Waals surface area contributed by atoms with Crippen molar-refractivity contribution in [1.29, 1.82) is 0 Å². The van der Waals surface area contributed by atoms with Crippen LogP contribution < -0.4 is 18.9 Å². The van der Waals surface area contributed by atoms with Crippen molar-refractivity contribution in [2.45, 2.75) is 19.7 Å². The molecule has 0 saturated heterocycles. The Morgan fingerprint density at radius 2 is 1.79 bits per heavy atom. The first kappa shape index (κ1) is 14.0. The van der Waals surface area contributed by atoms with Gasteiger partial charge in [0.25, 0.3) is 0 Å². The molecule has 0 aliphatic rings. The Labute approximate surface area is 100 Å². The number of ether oxygens (including phenoxy) is 1. The van der Waals surface area contributed by atoms with Gasteiger partial charge in [0.05, 0.1) is 6.61 Å². The maximum atomic E-state index is 5.58. The molecule has 0 N–H and O–H groups in total. The fourth-order valence-electron chi connectivity index (χ4n) is 1.02. The van der Waals surface area contributed by atoms with Crippen molar-refractivity contribution in [1.82, 2.24) is 0 Å². The minimum absolute atomic E-state index is 0. The predicted octanol–water partition coefficient (Wildman–Crippen LogP) is -0.172. The standard InChI is InChI=1S/C11H17OSi.Li/c1-13(2,3)10-12-9-11-7-5-4-6-8-11;/h4-8H,1,9-10H2,2-3H3;/q-1;+1. The van der Waals surface area contributed by atoms with E-state index < -0.39 is 8.07 Å². The molecule has 72 valence electrons. The first-order valence-corrected chi connectivity index (χ1v) is 7.96. The van der Waals surface area contributed by atoms with Crippen LogP contribution in [0, 0.1) is 6.55 Å². The molecular weight excluding hydrogens is 183 g/mol. The van der Waals surface area contributed by atoms with Gasteiger partial charge in [-0.15, -0.1) is 0 Å². The van der Waals surface area contributed by atoms with E-state index in [2.05, 4.69) is 31.8 Å². The molecule has 1 aromatic carbocycles. The van der Waals surface area contributed by atoms with Gasteiger partial charge in [-0.25, -0.2) is 0 Å². The zero-order valence-corrected chi connectivity index (χ0v) is 10.4. The van der Waals surface area contributed by atoms with Gasteiger partial charge in [0.2, 0.25) is 0 Å². The smallest absolute Gasteiger partial charge is 0.383 e. The van der Waals surface area contributed by atoms with Crippen LogP contribution in [0.25, 0.3) is 0 Å². The summed E-state index contributed by atoms with van der Waals surface area (Å²) in [6.07, 6.45) is 0.835. The van der Waals surface area contributed by atoms with Gasteiger partial charge in [0.1, 0.15) is 0 Å². The summed E-state index contributed by atoms with van der Waals surface area (Å²) in [5.74, 6) is 0. The Bertz CT molecular complexity index is 243. The minimum atomic E-state index is -1.28. The van der Waals surface area contributed by atoms with Gasteiger partial charge in [0.15, 0.2) is 0 Å². The number of benzene rings is 1. The second-order valence-corrected chi connectivity index (χ2v) is 8.76. The zero-order chi connectivity index (χ0) is 9.73. The Hall–Kier alpha value is -0.00571. The van der Waals surface area contributed by atoms with Crippen LogP contribution in [-0.2, 0) is 11.3 Å². The van der Waals surface area contributed by atoms with Crippen molar-refractivity contribution in [3.63, 3.8) is 0 Å². The summed E-state index contributed by atoms with van der Waals surface area (Å²) in [7, 11) is -1.28. The van der Waals surface area contributed by atoms with Crippen molar-refractivity contribution in [3.05, 3.63) is 42.4 Å². The summed E-state index contributed by atoms with van der Waals surface area (Å²) in [4.78, 5) is 0. The predicted molar refractivity (Wildman–Crippen MR) is 58.9 cm³/mol. The van der Waals surface area contributed by atoms with E-state index in [9.17, 15) is 0 Å². The van der Waals surface area contributed by atoms with Crippen LogP contribution in [0.3, 0.4) is 0 Å². The number of hydrogen-bond donors (Lipinski definition) is 0. The van der Waals surface area contributed by atoms with Crippen molar-refractivity contribution < 1.29 is 23.6 Å². The molecule has 14 heavy (non-hydrogen) atoms. The largest absolute Gasteiger partial charge is 1.00 e. The summed E-state index contributed by atoms with van der Waals surface area (Å²) >= 11 is 0. The van der Waals surface area contributed by atoms with Crippen LogP contribution in [0.4, 0.5) is 0 Å². The van der Waals surface area contributed by atoms with E-state index >= 15 is 0 Å². The summed E-state index contributed by atoms with van der Waals surface area (Å²) < 4.78 is 5.58. The van der Waals surface area contributed by atoms with Crippen LogP contribution in [-0.4, -0.2) is 14.3 Å². The Balaban J connectivity index is 0.00000169. The summed E-state index contributed by atoms with van der Waals surface area (Å²) in [5, 5.41) is 0. The van der Waals surface area contributed by atoms with Crippen LogP contribution in [0.2, 0.25) is 13.1 Å². The molecule has 1 rings (SSSR count). The molecule has 0 radical (unpaired) electrons. The molecule has 1 nitrogen and oxygen atoms in total. The van der Waals surface area contributed by atoms with Crippen molar-refractivity contribution in [3.8, 4) is 0 Å². The monoisotopic (exact) mass is 200 g/mol. The van der Waals surface area contributed by atoms with E-state index in [0.29, 0.717) is 6.61 Å². The molecule has 0 bridgehead atoms. The molecule has 0 unspecified atom stereocenters. The van der Waals surface area contributed by atoms with Crippen LogP contribution in [0.5, 0.6) is 0 Å². The number of rotatable bonds is 4. The van der Waals surface area contributed by atoms with Crippen molar-refractivity contribution in [2.75, 3.05) is 6.23 Å². The Morgan fingerprint density at radius 3 is 2.29 bits per heavy atom. The van der Waals surface area contributed by atoms with E-state index in [-0.39, 0.29) is 18.9 Å². The molecule has 1 aromatic rings. The molecule has 3 heteroatoms. The Morgan fingerprint density at radius 1 is 1.21 bits per heavy atom. The van der Waals surface area contributed by atoms with Crippen molar-refractivity contribution in [2.24, 2.45) is 0 Å². The molecular formula is C11H17LiOSi. The third kappa shape index (κ3) is 6.45. The third-order valence-electron chi connectivity index (χ3n) is 1.60. The van der Waals surface area contributed by atoms with Crippen molar-refractivity contribution >= 4 is 8.07 Å². The van der Waals surface area contributed by atoms with Gasteiger partial charge in [-0.2, -0.15) is 0 Å². The van der Waals surface area contributed by atoms with E-state index in [0.717, 1.165) is 6.23 Å². The van der Waals surface area contributed by atoms with E-state index in [1.807, 2.05) is 18.2 Å². The first-order valence-electron chi connectivity index (χ1n) is 4.55. The van der Waals surface area contributed by atoms with Crippen LogP contribution in [0.15, 0.2) is 30.3 Å². The molecule has 0 aliphatic heterocycles. The molecule has 0 spiro atoms. The minimum Gasteiger partial charge on any atom is -0.383 e. The molecule has 0 aliphatic carbocycles. The van der Waals surface area contributed by atoms with Gasteiger partial charge in [-0.05, 0) is 5.56 Å². The van der Waals surface area contributed by atoms with Gasteiger partial charge in [-0.3, -0.25) is 0 Å². The summed E-state index contributed by atoms with van der Waals surface area (Å²) in [5.41, 5.74) is 1.24. The van der Waals surface area contributed by atoms with Gasteiger partial charge >= 0.3 is 18.9 Å². The van der Waals surface area contributed by atoms with Crippen LogP contribution in [0.1, 0.15) is 5.56 Å². The maximum absolute atomic E-state index is 5.58. The molecule has 0 amide bonds. The molecule has 0 saturated carbocycles. The quantitative estimate of drug-likeness (QED) is 0.484. The topological polar surface area (TPSA) is 9.23 Å². The fraction of sp³-hybridized carbons (Fsp3) is 0.364. The fourth-order valence-corrected chi connectivity index (χ4v) is 1.67. The number of hydrogen-bond acceptors (Lipinski definition) is 1. The van der Waals surface area contributed by atoms with E-state index in [4.69, 9.17) is 4.74 Å². The Kier molecular flexibility index (Phi) is 6.47. The second-order valence-electron chi connectivity index (χ2n) is 4.14. The van der Waals surface area contributed by atoms with Gasteiger partial charge in [-0.1, -0.05) is 51.5 Å². The van der Waals surface area contributed by atoms with Gasteiger partial charge in [0, 0.05) is 6.23 Å². The van der Waals surface area contributed by atoms with Gasteiger partial charge < -0.3 is 11.3 Å². The summed E-state index contributed by atoms with van der Waals surface area (Å²) in [6, 6.07) is 10.2. The maximum Gasteiger partial charge on any atom is 1.00 e. The molecule has 0 heterocycles.